The number of nitrogens with one attached hydrogen (secondary N) is 1. The van der Waals surface area contributed by atoms with Gasteiger partial charge in [-0.3, -0.25) is 4.79 Å². The Morgan fingerprint density at radius 2 is 2.12 bits per heavy atom. The van der Waals surface area contributed by atoms with Gasteiger partial charge in [-0.15, -0.1) is 0 Å². The zero-order chi connectivity index (χ0) is 17.9. The summed E-state index contributed by atoms with van der Waals surface area (Å²) in [5, 5.41) is 2.89. The second-order valence-corrected chi connectivity index (χ2v) is 6.53. The van der Waals surface area contributed by atoms with Gasteiger partial charge in [-0.1, -0.05) is 15.9 Å². The van der Waals surface area contributed by atoms with Crippen LogP contribution >= 0.6 is 15.9 Å². The highest BCUT2D eigenvalue weighted by Gasteiger charge is 2.06. The van der Waals surface area contributed by atoms with E-state index < -0.39 is 0 Å². The first-order valence-electron chi connectivity index (χ1n) is 8.06. The fourth-order valence-electron chi connectivity index (χ4n) is 1.79. The molecule has 0 fully saturated rings. The van der Waals surface area contributed by atoms with Gasteiger partial charge in [0.2, 0.25) is 5.91 Å². The first kappa shape index (κ1) is 20.7. The van der Waals surface area contributed by atoms with Gasteiger partial charge in [-0.2, -0.15) is 0 Å². The minimum atomic E-state index is -0.121. The monoisotopic (exact) mass is 398 g/mol. The molecule has 1 N–H and O–H groups in total. The summed E-state index contributed by atoms with van der Waals surface area (Å²) >= 11 is 3.44. The van der Waals surface area contributed by atoms with Gasteiger partial charge in [0.05, 0.1) is 6.61 Å². The molecule has 0 radical (unpaired) electrons. The molecule has 1 rings (SSSR count). The number of rotatable bonds is 10. The maximum absolute atomic E-state index is 11.9. The Bertz CT molecular complexity index is 547. The van der Waals surface area contributed by atoms with Crippen LogP contribution in [0.5, 0.6) is 5.75 Å². The lowest BCUT2D eigenvalue weighted by Gasteiger charge is -2.19. The number of hydrogen-bond donors (Lipinski definition) is 1. The quantitative estimate of drug-likeness (QED) is 0.486. The second-order valence-electron chi connectivity index (χ2n) is 5.62. The average Bonchev–Trinajstić information content (AvgIpc) is 2.55. The van der Waals surface area contributed by atoms with Crippen LogP contribution in [0.25, 0.3) is 6.08 Å². The number of likely N-dealkylation sites (N-methyl/N-ethyl adjacent to an activating group) is 1. The summed E-state index contributed by atoms with van der Waals surface area (Å²) in [5.74, 6) is 0.604. The molecule has 1 amide bonds. The van der Waals surface area contributed by atoms with Crippen molar-refractivity contribution in [2.24, 2.45) is 0 Å². The van der Waals surface area contributed by atoms with Crippen molar-refractivity contribution < 1.29 is 14.3 Å². The second kappa shape index (κ2) is 11.2. The average molecular weight is 399 g/mol. The molecule has 134 valence electrons. The third-order valence-corrected chi connectivity index (χ3v) is 4.02. The maximum atomic E-state index is 11.9. The minimum absolute atomic E-state index is 0.121. The lowest BCUT2D eigenvalue weighted by Crippen LogP contribution is -2.37. The number of halogens is 1. The van der Waals surface area contributed by atoms with Crippen LogP contribution in [0.1, 0.15) is 19.4 Å². The highest BCUT2D eigenvalue weighted by Crippen LogP contribution is 2.24. The van der Waals surface area contributed by atoms with Crippen LogP contribution in [0.4, 0.5) is 0 Å². The molecule has 5 nitrogen and oxygen atoms in total. The Labute approximate surface area is 153 Å². The van der Waals surface area contributed by atoms with E-state index in [0.717, 1.165) is 15.8 Å². The van der Waals surface area contributed by atoms with Crippen molar-refractivity contribution in [2.75, 3.05) is 40.5 Å². The zero-order valence-electron chi connectivity index (χ0n) is 14.8. The Hall–Kier alpha value is -1.37. The third-order valence-electron chi connectivity index (χ3n) is 3.53. The number of carbonyl (C=O) groups is 1. The number of benzene rings is 1. The lowest BCUT2D eigenvalue weighted by atomic mass is 10.2. The third kappa shape index (κ3) is 7.95. The van der Waals surface area contributed by atoms with Crippen molar-refractivity contribution in [2.45, 2.75) is 19.9 Å². The van der Waals surface area contributed by atoms with Crippen molar-refractivity contribution in [1.82, 2.24) is 10.2 Å². The molecular formula is C18H27BrN2O3. The van der Waals surface area contributed by atoms with Crippen LogP contribution in [-0.2, 0) is 9.53 Å². The van der Waals surface area contributed by atoms with Gasteiger partial charge >= 0.3 is 0 Å². The molecule has 1 aromatic rings. The van der Waals surface area contributed by atoms with Crippen molar-refractivity contribution in [3.8, 4) is 5.75 Å². The van der Waals surface area contributed by atoms with Gasteiger partial charge in [0.15, 0.2) is 0 Å². The molecule has 1 atom stereocenters. The number of amides is 1. The van der Waals surface area contributed by atoms with E-state index in [1.54, 1.807) is 6.08 Å². The summed E-state index contributed by atoms with van der Waals surface area (Å²) < 4.78 is 11.9. The molecule has 0 spiro atoms. The normalized spacial score (nSPS) is 12.6. The van der Waals surface area contributed by atoms with Crippen molar-refractivity contribution in [3.05, 3.63) is 34.3 Å². The Kier molecular flexibility index (Phi) is 9.67. The van der Waals surface area contributed by atoms with Gasteiger partial charge in [-0.05, 0) is 52.2 Å². The van der Waals surface area contributed by atoms with Crippen LogP contribution in [0.15, 0.2) is 28.7 Å². The Morgan fingerprint density at radius 3 is 2.79 bits per heavy atom. The maximum Gasteiger partial charge on any atom is 0.244 e. The lowest BCUT2D eigenvalue weighted by molar-refractivity contribution is -0.116. The van der Waals surface area contributed by atoms with E-state index in [1.165, 1.54) is 6.08 Å². The summed E-state index contributed by atoms with van der Waals surface area (Å²) in [6, 6.07) is 5.99. The van der Waals surface area contributed by atoms with Crippen LogP contribution in [0, 0.1) is 0 Å². The first-order valence-corrected chi connectivity index (χ1v) is 8.85. The fourth-order valence-corrected chi connectivity index (χ4v) is 2.17. The molecule has 0 saturated carbocycles. The number of nitrogens with zero attached hydrogens (tertiary/aromatic N) is 1. The molecule has 24 heavy (non-hydrogen) atoms. The molecule has 0 aliphatic carbocycles. The van der Waals surface area contributed by atoms with Gasteiger partial charge < -0.3 is 19.7 Å². The Balaban J connectivity index is 2.64. The molecule has 0 aromatic heterocycles. The largest absolute Gasteiger partial charge is 0.491 e. The molecule has 0 aliphatic heterocycles. The fraction of sp³-hybridized carbons (Fsp3) is 0.500. The van der Waals surface area contributed by atoms with E-state index in [9.17, 15) is 4.79 Å². The number of carbonyl (C=O) groups excluding carboxylic acids is 1. The van der Waals surface area contributed by atoms with Crippen LogP contribution in [0.3, 0.4) is 0 Å². The minimum Gasteiger partial charge on any atom is -0.491 e. The SMILES string of the molecule is CCOCCOc1ccc(Br)cc1/C=C/C(=O)NCC(C)N(C)C. The summed E-state index contributed by atoms with van der Waals surface area (Å²) in [6.07, 6.45) is 3.29. The van der Waals surface area contributed by atoms with E-state index in [2.05, 4.69) is 33.1 Å². The standard InChI is InChI=1S/C18H27BrN2O3/c1-5-23-10-11-24-17-8-7-16(19)12-15(17)6-9-18(22)20-13-14(2)21(3)4/h6-9,12,14H,5,10-11,13H2,1-4H3,(H,20,22)/b9-6+. The van der Waals surface area contributed by atoms with E-state index >= 15 is 0 Å². The van der Waals surface area contributed by atoms with Crippen LogP contribution in [0.2, 0.25) is 0 Å². The molecule has 0 saturated heterocycles. The predicted molar refractivity (Wildman–Crippen MR) is 101 cm³/mol. The zero-order valence-corrected chi connectivity index (χ0v) is 16.4. The van der Waals surface area contributed by atoms with Gasteiger partial charge in [0.25, 0.3) is 0 Å². The molecule has 6 heteroatoms. The molecule has 0 bridgehead atoms. The highest BCUT2D eigenvalue weighted by atomic mass is 79.9. The van der Waals surface area contributed by atoms with Crippen LogP contribution in [-0.4, -0.2) is 57.3 Å². The molecule has 1 unspecified atom stereocenters. The molecule has 1 aromatic carbocycles. The van der Waals surface area contributed by atoms with Crippen molar-refractivity contribution in [1.29, 1.82) is 0 Å². The van der Waals surface area contributed by atoms with Crippen molar-refractivity contribution >= 4 is 27.9 Å². The van der Waals surface area contributed by atoms with Gasteiger partial charge in [0, 0.05) is 35.3 Å². The topological polar surface area (TPSA) is 50.8 Å². The molecule has 0 heterocycles. The predicted octanol–water partition coefficient (Wildman–Crippen LogP) is 2.94. The summed E-state index contributed by atoms with van der Waals surface area (Å²) in [4.78, 5) is 14.0. The van der Waals surface area contributed by atoms with E-state index in [0.29, 0.717) is 26.4 Å². The van der Waals surface area contributed by atoms with Gasteiger partial charge in [0.1, 0.15) is 12.4 Å². The number of hydrogen-bond acceptors (Lipinski definition) is 4. The van der Waals surface area contributed by atoms with Crippen molar-refractivity contribution in [3.63, 3.8) is 0 Å². The van der Waals surface area contributed by atoms with E-state index in [-0.39, 0.29) is 11.9 Å². The first-order chi connectivity index (χ1) is 11.4. The Morgan fingerprint density at radius 1 is 1.38 bits per heavy atom. The number of ether oxygens (including phenoxy) is 2. The summed E-state index contributed by atoms with van der Waals surface area (Å²) in [5.41, 5.74) is 0.844. The summed E-state index contributed by atoms with van der Waals surface area (Å²) in [6.45, 7) is 6.29. The molecule has 0 aliphatic rings. The van der Waals surface area contributed by atoms with E-state index in [1.807, 2.05) is 39.2 Å². The smallest absolute Gasteiger partial charge is 0.244 e. The summed E-state index contributed by atoms with van der Waals surface area (Å²) in [7, 11) is 3.97. The molecular weight excluding hydrogens is 372 g/mol. The van der Waals surface area contributed by atoms with Crippen LogP contribution < -0.4 is 10.1 Å². The highest BCUT2D eigenvalue weighted by molar-refractivity contribution is 9.10. The van der Waals surface area contributed by atoms with Gasteiger partial charge in [-0.25, -0.2) is 0 Å². The van der Waals surface area contributed by atoms with E-state index in [4.69, 9.17) is 9.47 Å².